The summed E-state index contributed by atoms with van der Waals surface area (Å²) in [6.07, 6.45) is 6.83. The van der Waals surface area contributed by atoms with Crippen LogP contribution in [0.2, 0.25) is 0 Å². The van der Waals surface area contributed by atoms with E-state index in [4.69, 9.17) is 4.99 Å². The van der Waals surface area contributed by atoms with Crippen molar-refractivity contribution in [1.82, 2.24) is 15.5 Å². The molecule has 1 saturated heterocycles. The normalized spacial score (nSPS) is 19.1. The van der Waals surface area contributed by atoms with Crippen LogP contribution in [0.5, 0.6) is 0 Å². The molecule has 0 aromatic heterocycles. The molecule has 1 rings (SSSR count). The summed E-state index contributed by atoms with van der Waals surface area (Å²) in [4.78, 5) is 7.41. The summed E-state index contributed by atoms with van der Waals surface area (Å²) in [6, 6.07) is 0. The van der Waals surface area contributed by atoms with E-state index in [2.05, 4.69) is 43.2 Å². The molecule has 1 unspecified atom stereocenters. The summed E-state index contributed by atoms with van der Waals surface area (Å²) in [7, 11) is 0. The zero-order valence-electron chi connectivity index (χ0n) is 17.5. The van der Waals surface area contributed by atoms with Crippen LogP contribution in [0.4, 0.5) is 0 Å². The minimum Gasteiger partial charge on any atom is -0.396 e. The number of guanidine groups is 1. The van der Waals surface area contributed by atoms with Crippen molar-refractivity contribution in [3.8, 4) is 0 Å². The molecule has 26 heavy (non-hydrogen) atoms. The van der Waals surface area contributed by atoms with E-state index in [1.165, 1.54) is 32.5 Å². The highest BCUT2D eigenvalue weighted by molar-refractivity contribution is 14.0. The largest absolute Gasteiger partial charge is 0.396 e. The van der Waals surface area contributed by atoms with Gasteiger partial charge in [-0.15, -0.1) is 24.0 Å². The van der Waals surface area contributed by atoms with Gasteiger partial charge in [0.2, 0.25) is 0 Å². The summed E-state index contributed by atoms with van der Waals surface area (Å²) in [5.41, 5.74) is 0.126. The van der Waals surface area contributed by atoms with Crippen LogP contribution in [0.3, 0.4) is 0 Å². The zero-order valence-corrected chi connectivity index (χ0v) is 19.8. The van der Waals surface area contributed by atoms with Gasteiger partial charge in [-0.2, -0.15) is 0 Å². The van der Waals surface area contributed by atoms with Crippen LogP contribution in [0.25, 0.3) is 0 Å². The van der Waals surface area contributed by atoms with Crippen LogP contribution >= 0.6 is 24.0 Å². The lowest BCUT2D eigenvalue weighted by Crippen LogP contribution is -2.41. The molecule has 5 nitrogen and oxygen atoms in total. The fraction of sp³-hybridized carbons (Fsp3) is 0.950. The molecule has 156 valence electrons. The summed E-state index contributed by atoms with van der Waals surface area (Å²) < 4.78 is 0. The molecule has 3 N–H and O–H groups in total. The molecule has 6 heteroatoms. The van der Waals surface area contributed by atoms with Gasteiger partial charge >= 0.3 is 0 Å². The first-order chi connectivity index (χ1) is 12.1. The molecule has 0 aliphatic carbocycles. The smallest absolute Gasteiger partial charge is 0.191 e. The number of aliphatic hydroxyl groups is 1. The lowest BCUT2D eigenvalue weighted by molar-refractivity contribution is 0.175. The molecule has 1 aliphatic rings. The maximum absolute atomic E-state index is 9.36. The van der Waals surface area contributed by atoms with Gasteiger partial charge in [0.1, 0.15) is 0 Å². The number of aliphatic imine (C=N–C) groups is 1. The third-order valence-corrected chi connectivity index (χ3v) is 5.74. The second kappa shape index (κ2) is 14.9. The number of hydrogen-bond donors (Lipinski definition) is 3. The average Bonchev–Trinajstić information content (AvgIpc) is 2.62. The van der Waals surface area contributed by atoms with Crippen molar-refractivity contribution in [2.45, 2.75) is 66.2 Å². The van der Waals surface area contributed by atoms with Crippen LogP contribution < -0.4 is 10.6 Å². The van der Waals surface area contributed by atoms with Crippen molar-refractivity contribution >= 4 is 29.9 Å². The third-order valence-electron chi connectivity index (χ3n) is 5.74. The number of hydrogen-bond acceptors (Lipinski definition) is 3. The van der Waals surface area contributed by atoms with Gasteiger partial charge < -0.3 is 20.6 Å². The van der Waals surface area contributed by atoms with E-state index in [0.717, 1.165) is 57.2 Å². The van der Waals surface area contributed by atoms with Crippen molar-refractivity contribution < 1.29 is 5.11 Å². The molecule has 0 amide bonds. The Balaban J connectivity index is 0.00000625. The highest BCUT2D eigenvalue weighted by Gasteiger charge is 2.25. The first-order valence-corrected chi connectivity index (χ1v) is 10.4. The fourth-order valence-corrected chi connectivity index (χ4v) is 3.73. The topological polar surface area (TPSA) is 59.9 Å². The minimum absolute atomic E-state index is 0. The van der Waals surface area contributed by atoms with Crippen molar-refractivity contribution in [3.63, 3.8) is 0 Å². The Morgan fingerprint density at radius 1 is 1.23 bits per heavy atom. The summed E-state index contributed by atoms with van der Waals surface area (Å²) >= 11 is 0. The lowest BCUT2D eigenvalue weighted by atomic mass is 9.79. The molecular weight excluding hydrogens is 439 g/mol. The third kappa shape index (κ3) is 9.74. The van der Waals surface area contributed by atoms with E-state index in [-0.39, 0.29) is 36.0 Å². The van der Waals surface area contributed by atoms with Gasteiger partial charge in [0, 0.05) is 32.8 Å². The predicted molar refractivity (Wildman–Crippen MR) is 124 cm³/mol. The molecule has 0 spiro atoms. The molecule has 1 fully saturated rings. The highest BCUT2D eigenvalue weighted by Crippen LogP contribution is 2.30. The average molecular weight is 482 g/mol. The van der Waals surface area contributed by atoms with E-state index in [1.54, 1.807) is 0 Å². The van der Waals surface area contributed by atoms with Crippen molar-refractivity contribution in [3.05, 3.63) is 0 Å². The maximum atomic E-state index is 9.36. The van der Waals surface area contributed by atoms with Crippen molar-refractivity contribution in [2.75, 3.05) is 45.9 Å². The van der Waals surface area contributed by atoms with Crippen LogP contribution in [-0.4, -0.2) is 61.8 Å². The van der Waals surface area contributed by atoms with E-state index < -0.39 is 0 Å². The monoisotopic (exact) mass is 482 g/mol. The van der Waals surface area contributed by atoms with Crippen molar-refractivity contribution in [1.29, 1.82) is 0 Å². The Labute approximate surface area is 178 Å². The van der Waals surface area contributed by atoms with E-state index in [0.29, 0.717) is 0 Å². The standard InChI is InChI=1S/C20H42N4O.HI/c1-5-20(6-2,11-15-25)17-23-19(21-7-3)22-12-9-14-24-13-8-10-18(4)16-24;/h18,25H,5-17H2,1-4H3,(H2,21,22,23);1H. The van der Waals surface area contributed by atoms with Gasteiger partial charge in [0.15, 0.2) is 5.96 Å². The SMILES string of the molecule is CCNC(=NCC(CC)(CC)CCO)NCCCN1CCCC(C)C1.I. The van der Waals surface area contributed by atoms with Gasteiger partial charge in [-0.25, -0.2) is 0 Å². The lowest BCUT2D eigenvalue weighted by Gasteiger charge is -2.31. The summed E-state index contributed by atoms with van der Waals surface area (Å²) in [6.45, 7) is 15.4. The Morgan fingerprint density at radius 2 is 1.96 bits per heavy atom. The molecule has 1 heterocycles. The number of likely N-dealkylation sites (tertiary alicyclic amines) is 1. The molecule has 1 aliphatic heterocycles. The minimum atomic E-state index is 0. The number of aliphatic hydroxyl groups excluding tert-OH is 1. The molecule has 0 bridgehead atoms. The number of nitrogens with zero attached hydrogens (tertiary/aromatic N) is 2. The molecule has 0 saturated carbocycles. The molecular formula is C20H43IN4O. The maximum Gasteiger partial charge on any atom is 0.191 e. The number of halogens is 1. The quantitative estimate of drug-likeness (QED) is 0.183. The van der Waals surface area contributed by atoms with Gasteiger partial charge in [0.05, 0.1) is 0 Å². The summed E-state index contributed by atoms with van der Waals surface area (Å²) in [5.74, 6) is 1.77. The van der Waals surface area contributed by atoms with Gasteiger partial charge in [0.25, 0.3) is 0 Å². The van der Waals surface area contributed by atoms with E-state index in [9.17, 15) is 5.11 Å². The molecule has 0 aromatic carbocycles. The molecule has 1 atom stereocenters. The van der Waals surface area contributed by atoms with Gasteiger partial charge in [-0.1, -0.05) is 20.8 Å². The fourth-order valence-electron chi connectivity index (χ4n) is 3.73. The Morgan fingerprint density at radius 3 is 2.54 bits per heavy atom. The summed E-state index contributed by atoms with van der Waals surface area (Å²) in [5, 5.41) is 16.2. The predicted octanol–water partition coefficient (Wildman–Crippen LogP) is 3.47. The highest BCUT2D eigenvalue weighted by atomic mass is 127. The van der Waals surface area contributed by atoms with Gasteiger partial charge in [-0.05, 0) is 69.9 Å². The zero-order chi connectivity index (χ0) is 18.5. The van der Waals surface area contributed by atoms with Gasteiger partial charge in [-0.3, -0.25) is 4.99 Å². The first kappa shape index (κ1) is 25.9. The first-order valence-electron chi connectivity index (χ1n) is 10.4. The van der Waals surface area contributed by atoms with E-state index >= 15 is 0 Å². The molecule has 0 radical (unpaired) electrons. The molecule has 0 aromatic rings. The Bertz CT molecular complexity index is 375. The van der Waals surface area contributed by atoms with Crippen LogP contribution in [-0.2, 0) is 0 Å². The van der Waals surface area contributed by atoms with Crippen LogP contribution in [0, 0.1) is 11.3 Å². The second-order valence-corrected chi connectivity index (χ2v) is 7.70. The van der Waals surface area contributed by atoms with Crippen LogP contribution in [0.1, 0.15) is 66.2 Å². The second-order valence-electron chi connectivity index (χ2n) is 7.70. The number of rotatable bonds is 11. The Hall–Kier alpha value is -0.0800. The van der Waals surface area contributed by atoms with E-state index in [1.807, 2.05) is 0 Å². The van der Waals surface area contributed by atoms with Crippen molar-refractivity contribution in [2.24, 2.45) is 16.3 Å². The number of piperidine rings is 1. The Kier molecular flexibility index (Phi) is 14.9. The number of nitrogens with one attached hydrogen (secondary N) is 2. The van der Waals surface area contributed by atoms with Crippen LogP contribution in [0.15, 0.2) is 4.99 Å².